The number of fused-ring (bicyclic) bond motifs is 1. The van der Waals surface area contributed by atoms with Crippen LogP contribution in [0.15, 0.2) is 36.7 Å². The zero-order chi connectivity index (χ0) is 24.0. The van der Waals surface area contributed by atoms with Crippen molar-refractivity contribution in [2.24, 2.45) is 5.73 Å². The number of ether oxygens (including phenoxy) is 2. The topological polar surface area (TPSA) is 149 Å². The number of carboxylic acids is 1. The van der Waals surface area contributed by atoms with Crippen molar-refractivity contribution in [3.05, 3.63) is 47.2 Å². The first kappa shape index (κ1) is 24.0. The lowest BCUT2D eigenvalue weighted by molar-refractivity contribution is -0.139. The van der Waals surface area contributed by atoms with E-state index in [2.05, 4.69) is 20.6 Å². The maximum absolute atomic E-state index is 11.7. The number of aliphatic carboxylic acids is 1. The fourth-order valence-corrected chi connectivity index (χ4v) is 3.24. The minimum atomic E-state index is -1.11. The monoisotopic (exact) mass is 473 g/mol. The van der Waals surface area contributed by atoms with Crippen LogP contribution >= 0.6 is 11.6 Å². The third-order valence-electron chi connectivity index (χ3n) is 4.70. The van der Waals surface area contributed by atoms with Crippen molar-refractivity contribution in [3.8, 4) is 11.5 Å². The first-order valence-electron chi connectivity index (χ1n) is 10.0. The van der Waals surface area contributed by atoms with Crippen LogP contribution in [0.2, 0.25) is 5.02 Å². The molecule has 0 aliphatic heterocycles. The fourth-order valence-electron chi connectivity index (χ4n) is 3.07. The van der Waals surface area contributed by atoms with E-state index in [0.717, 1.165) is 5.56 Å². The van der Waals surface area contributed by atoms with Gasteiger partial charge in [0.15, 0.2) is 18.1 Å². The van der Waals surface area contributed by atoms with Gasteiger partial charge in [0.25, 0.3) is 0 Å². The van der Waals surface area contributed by atoms with Gasteiger partial charge in [0.1, 0.15) is 12.1 Å². The van der Waals surface area contributed by atoms with Crippen molar-refractivity contribution in [1.82, 2.24) is 15.3 Å². The number of nitrogens with one attached hydrogen (secondary N) is 2. The number of aromatic nitrogens is 2. The Balaban J connectivity index is 1.92. The Hall–Kier alpha value is -3.63. The van der Waals surface area contributed by atoms with E-state index in [1.165, 1.54) is 13.4 Å². The molecule has 5 N–H and O–H groups in total. The second-order valence-corrected chi connectivity index (χ2v) is 7.62. The van der Waals surface area contributed by atoms with Gasteiger partial charge >= 0.3 is 5.97 Å². The third kappa shape index (κ3) is 6.21. The molecule has 0 radical (unpaired) electrons. The summed E-state index contributed by atoms with van der Waals surface area (Å²) in [5.41, 5.74) is 7.74. The van der Waals surface area contributed by atoms with Crippen LogP contribution in [-0.4, -0.2) is 53.3 Å². The number of methoxy groups -OCH3 is 1. The zero-order valence-electron chi connectivity index (χ0n) is 18.1. The van der Waals surface area contributed by atoms with E-state index in [1.807, 2.05) is 6.07 Å². The van der Waals surface area contributed by atoms with Crippen LogP contribution in [0.3, 0.4) is 0 Å². The first-order valence-corrected chi connectivity index (χ1v) is 10.4. The standard InChI is InChI=1S/C22H24ClN5O5/c1-12(24)22(31)25-6-5-13-3-4-14(23)7-16(13)28-21-15-8-19(33-10-20(29)30)18(32-2)9-17(15)26-11-27-21/h3-4,7-9,11-12H,5-6,10,24H2,1-2H3,(H,25,31)(H,29,30)(H,26,27,28). The molecule has 0 saturated heterocycles. The van der Waals surface area contributed by atoms with Gasteiger partial charge in [-0.2, -0.15) is 0 Å². The fraction of sp³-hybridized carbons (Fsp3) is 0.273. The molecular weight excluding hydrogens is 450 g/mol. The number of carbonyl (C=O) groups excluding carboxylic acids is 1. The second-order valence-electron chi connectivity index (χ2n) is 7.18. The summed E-state index contributed by atoms with van der Waals surface area (Å²) in [6.45, 7) is 1.49. The summed E-state index contributed by atoms with van der Waals surface area (Å²) in [5.74, 6) is -0.287. The molecule has 1 unspecified atom stereocenters. The summed E-state index contributed by atoms with van der Waals surface area (Å²) >= 11 is 6.21. The quantitative estimate of drug-likeness (QED) is 0.348. The van der Waals surface area contributed by atoms with Gasteiger partial charge in [-0.05, 0) is 37.1 Å². The number of hydrogen-bond donors (Lipinski definition) is 4. The van der Waals surface area contributed by atoms with Crippen LogP contribution < -0.4 is 25.8 Å². The Labute approximate surface area is 195 Å². The first-order chi connectivity index (χ1) is 15.8. The molecule has 1 atom stereocenters. The minimum absolute atomic E-state index is 0.233. The van der Waals surface area contributed by atoms with Gasteiger partial charge < -0.3 is 30.9 Å². The Bertz CT molecular complexity index is 1170. The van der Waals surface area contributed by atoms with E-state index in [0.29, 0.717) is 46.1 Å². The largest absolute Gasteiger partial charge is 0.493 e. The molecule has 3 aromatic rings. The molecule has 174 valence electrons. The number of benzene rings is 2. The SMILES string of the molecule is COc1cc2ncnc(Nc3cc(Cl)ccc3CCNC(=O)C(C)N)c2cc1OCC(=O)O. The highest BCUT2D eigenvalue weighted by molar-refractivity contribution is 6.30. The molecule has 11 heteroatoms. The highest BCUT2D eigenvalue weighted by atomic mass is 35.5. The number of hydrogen-bond acceptors (Lipinski definition) is 8. The lowest BCUT2D eigenvalue weighted by Crippen LogP contribution is -2.39. The highest BCUT2D eigenvalue weighted by Crippen LogP contribution is 2.35. The van der Waals surface area contributed by atoms with Gasteiger partial charge in [-0.15, -0.1) is 0 Å². The van der Waals surface area contributed by atoms with Crippen LogP contribution in [0, 0.1) is 0 Å². The van der Waals surface area contributed by atoms with Crippen molar-refractivity contribution in [1.29, 1.82) is 0 Å². The molecule has 0 spiro atoms. The summed E-state index contributed by atoms with van der Waals surface area (Å²) in [5, 5.41) is 16.1. The molecule has 10 nitrogen and oxygen atoms in total. The maximum Gasteiger partial charge on any atom is 0.341 e. The number of carboxylic acid groups (broad SMARTS) is 1. The Morgan fingerprint density at radius 1 is 1.21 bits per heavy atom. The highest BCUT2D eigenvalue weighted by Gasteiger charge is 2.14. The zero-order valence-corrected chi connectivity index (χ0v) is 18.8. The van der Waals surface area contributed by atoms with Gasteiger partial charge in [-0.3, -0.25) is 4.79 Å². The molecule has 2 aromatic carbocycles. The van der Waals surface area contributed by atoms with Gasteiger partial charge in [0, 0.05) is 28.7 Å². The molecule has 1 amide bonds. The molecule has 0 bridgehead atoms. The van der Waals surface area contributed by atoms with Crippen molar-refractivity contribution in [3.63, 3.8) is 0 Å². The van der Waals surface area contributed by atoms with Gasteiger partial charge in [0.2, 0.25) is 5.91 Å². The van der Waals surface area contributed by atoms with Gasteiger partial charge in [-0.25, -0.2) is 14.8 Å². The van der Waals surface area contributed by atoms with Crippen molar-refractivity contribution < 1.29 is 24.2 Å². The summed E-state index contributed by atoms with van der Waals surface area (Å²) in [4.78, 5) is 31.3. The van der Waals surface area contributed by atoms with Gasteiger partial charge in [0.05, 0.1) is 18.7 Å². The van der Waals surface area contributed by atoms with Crippen LogP contribution in [0.1, 0.15) is 12.5 Å². The lowest BCUT2D eigenvalue weighted by Gasteiger charge is -2.16. The molecule has 0 aliphatic rings. The van der Waals surface area contributed by atoms with Crippen LogP contribution in [0.5, 0.6) is 11.5 Å². The molecule has 33 heavy (non-hydrogen) atoms. The smallest absolute Gasteiger partial charge is 0.341 e. The third-order valence-corrected chi connectivity index (χ3v) is 4.94. The van der Waals surface area contributed by atoms with Crippen molar-refractivity contribution >= 4 is 45.9 Å². The van der Waals surface area contributed by atoms with Crippen molar-refractivity contribution in [2.75, 3.05) is 25.6 Å². The summed E-state index contributed by atoms with van der Waals surface area (Å²) in [6.07, 6.45) is 1.93. The molecule has 0 aliphatic carbocycles. The maximum atomic E-state index is 11.7. The molecule has 1 heterocycles. The van der Waals surface area contributed by atoms with E-state index >= 15 is 0 Å². The molecule has 0 saturated carbocycles. The number of carbonyl (C=O) groups is 2. The van der Waals surface area contributed by atoms with E-state index in [4.69, 9.17) is 31.9 Å². The van der Waals surface area contributed by atoms with E-state index in [-0.39, 0.29) is 11.7 Å². The van der Waals surface area contributed by atoms with E-state index in [1.54, 1.807) is 31.2 Å². The number of rotatable bonds is 10. The average molecular weight is 474 g/mol. The average Bonchev–Trinajstić information content (AvgIpc) is 2.78. The van der Waals surface area contributed by atoms with Crippen molar-refractivity contribution in [2.45, 2.75) is 19.4 Å². The van der Waals surface area contributed by atoms with Crippen LogP contribution in [0.4, 0.5) is 11.5 Å². The molecular formula is C22H24ClN5O5. The Morgan fingerprint density at radius 2 is 2.00 bits per heavy atom. The van der Waals surface area contributed by atoms with Crippen LogP contribution in [-0.2, 0) is 16.0 Å². The lowest BCUT2D eigenvalue weighted by atomic mass is 10.1. The summed E-state index contributed by atoms with van der Waals surface area (Å²) in [7, 11) is 1.46. The normalized spacial score (nSPS) is 11.6. The van der Waals surface area contributed by atoms with Gasteiger partial charge in [-0.1, -0.05) is 17.7 Å². The second kappa shape index (κ2) is 10.8. The van der Waals surface area contributed by atoms with E-state index < -0.39 is 18.6 Å². The number of nitrogens with two attached hydrogens (primary N) is 1. The Kier molecular flexibility index (Phi) is 7.86. The Morgan fingerprint density at radius 3 is 2.70 bits per heavy atom. The number of amides is 1. The minimum Gasteiger partial charge on any atom is -0.493 e. The number of halogens is 1. The predicted molar refractivity (Wildman–Crippen MR) is 124 cm³/mol. The van der Waals surface area contributed by atoms with Crippen LogP contribution in [0.25, 0.3) is 10.9 Å². The molecule has 1 aromatic heterocycles. The summed E-state index contributed by atoms with van der Waals surface area (Å²) < 4.78 is 10.7. The van der Waals surface area contributed by atoms with E-state index in [9.17, 15) is 9.59 Å². The predicted octanol–water partition coefficient (Wildman–Crippen LogP) is 2.50. The number of nitrogens with zero attached hydrogens (tertiary/aromatic N) is 2. The number of anilines is 2. The molecule has 3 rings (SSSR count). The summed E-state index contributed by atoms with van der Waals surface area (Å²) in [6, 6.07) is 8.04. The molecule has 0 fully saturated rings.